The van der Waals surface area contributed by atoms with Gasteiger partial charge >= 0.3 is 12.4 Å². The number of rotatable bonds is 4. The summed E-state index contributed by atoms with van der Waals surface area (Å²) >= 11 is 2.93. The Hall–Kier alpha value is -1.64. The van der Waals surface area contributed by atoms with Crippen LogP contribution in [0.1, 0.15) is 22.3 Å². The van der Waals surface area contributed by atoms with Crippen LogP contribution < -0.4 is 0 Å². The molecule has 0 fully saturated rings. The van der Waals surface area contributed by atoms with Crippen molar-refractivity contribution in [3.05, 3.63) is 58.7 Å². The van der Waals surface area contributed by atoms with Crippen LogP contribution in [0.3, 0.4) is 0 Å². The van der Waals surface area contributed by atoms with Crippen molar-refractivity contribution >= 4 is 35.6 Å². The second kappa shape index (κ2) is 10.1. The van der Waals surface area contributed by atoms with E-state index in [-0.39, 0.29) is 21.4 Å². The predicted octanol–water partition coefficient (Wildman–Crippen LogP) is 4.61. The van der Waals surface area contributed by atoms with Gasteiger partial charge in [0.25, 0.3) is 0 Å². The van der Waals surface area contributed by atoms with Crippen molar-refractivity contribution in [2.45, 2.75) is 34.1 Å². The van der Waals surface area contributed by atoms with Crippen LogP contribution >= 0.6 is 15.9 Å². The number of sulfone groups is 2. The van der Waals surface area contributed by atoms with Crippen LogP contribution in [0, 0.1) is 0 Å². The van der Waals surface area contributed by atoms with Crippen LogP contribution in [0.4, 0.5) is 26.3 Å². The van der Waals surface area contributed by atoms with E-state index < -0.39 is 54.7 Å². The fourth-order valence-electron chi connectivity index (χ4n) is 2.35. The van der Waals surface area contributed by atoms with Crippen LogP contribution in [0.2, 0.25) is 0 Å². The molecule has 0 bridgehead atoms. The highest BCUT2D eigenvalue weighted by Gasteiger charge is 2.35. The molecule has 0 aliphatic heterocycles. The third kappa shape index (κ3) is 7.74. The molecule has 0 heterocycles. The molecule has 0 aliphatic rings. The first kappa shape index (κ1) is 28.4. The molecule has 2 aromatic rings. The zero-order valence-corrected chi connectivity index (χ0v) is 19.6. The average Bonchev–Trinajstić information content (AvgIpc) is 2.64. The molecule has 0 saturated heterocycles. The summed E-state index contributed by atoms with van der Waals surface area (Å²) in [6.45, 7) is -0.793. The summed E-state index contributed by atoms with van der Waals surface area (Å²) in [6, 6.07) is 5.51. The average molecular weight is 571 g/mol. The van der Waals surface area contributed by atoms with Crippen LogP contribution in [0.5, 0.6) is 0 Å². The number of aliphatic hydroxyl groups excluding tert-OH is 1. The molecule has 14 heteroatoms. The van der Waals surface area contributed by atoms with Gasteiger partial charge in [0, 0.05) is 17.8 Å². The molecule has 2 aromatic carbocycles. The number of hydrogen-bond donors (Lipinski definition) is 1. The zero-order chi connectivity index (χ0) is 25.1. The summed E-state index contributed by atoms with van der Waals surface area (Å²) < 4.78 is 120. The van der Waals surface area contributed by atoms with Gasteiger partial charge in [0.1, 0.15) is 0 Å². The van der Waals surface area contributed by atoms with E-state index in [4.69, 9.17) is 5.11 Å². The topological polar surface area (TPSA) is 88.5 Å². The van der Waals surface area contributed by atoms with Crippen molar-refractivity contribution in [1.29, 1.82) is 0 Å². The summed E-state index contributed by atoms with van der Waals surface area (Å²) in [5, 5.41) is 8.75. The lowest BCUT2D eigenvalue weighted by Gasteiger charge is -2.12. The number of benzene rings is 2. The molecule has 32 heavy (non-hydrogen) atoms. The first-order valence-corrected chi connectivity index (χ1v) is 13.2. The van der Waals surface area contributed by atoms with E-state index in [1.807, 2.05) is 0 Å². The number of hydrogen-bond acceptors (Lipinski definition) is 5. The summed E-state index contributed by atoms with van der Waals surface area (Å²) in [7, 11) is -7.32. The molecule has 0 unspecified atom stereocenters. The normalized spacial score (nSPS) is 12.8. The van der Waals surface area contributed by atoms with E-state index >= 15 is 0 Å². The van der Waals surface area contributed by atoms with E-state index in [1.54, 1.807) is 0 Å². The molecule has 1 N–H and O–H groups in total. The van der Waals surface area contributed by atoms with Gasteiger partial charge in [0.2, 0.25) is 0 Å². The Morgan fingerprint density at radius 1 is 0.750 bits per heavy atom. The van der Waals surface area contributed by atoms with E-state index in [2.05, 4.69) is 15.9 Å². The number of alkyl halides is 7. The SMILES string of the molecule is CS(=O)(=O)c1ccc(CBr)c(C(F)(F)F)c1.CS(=O)(=O)c1ccc(CO)c(C(F)(F)F)c1. The van der Waals surface area contributed by atoms with Crippen molar-refractivity contribution in [3.63, 3.8) is 0 Å². The van der Waals surface area contributed by atoms with E-state index in [9.17, 15) is 43.2 Å². The van der Waals surface area contributed by atoms with E-state index in [0.29, 0.717) is 12.1 Å². The largest absolute Gasteiger partial charge is 0.416 e. The van der Waals surface area contributed by atoms with Crippen molar-refractivity contribution in [2.75, 3.05) is 12.5 Å². The maximum Gasteiger partial charge on any atom is 0.416 e. The Bertz CT molecular complexity index is 1080. The van der Waals surface area contributed by atoms with Gasteiger partial charge in [0.15, 0.2) is 19.7 Å². The molecule has 0 saturated carbocycles. The Balaban J connectivity index is 0.000000320. The first-order chi connectivity index (χ1) is 14.3. The molecule has 180 valence electrons. The fourth-order valence-corrected chi connectivity index (χ4v) is 4.14. The predicted molar refractivity (Wildman–Crippen MR) is 108 cm³/mol. The molecule has 0 aliphatic carbocycles. The highest BCUT2D eigenvalue weighted by atomic mass is 79.9. The van der Waals surface area contributed by atoms with E-state index in [0.717, 1.165) is 30.7 Å². The van der Waals surface area contributed by atoms with Gasteiger partial charge in [-0.25, -0.2) is 16.8 Å². The Morgan fingerprint density at radius 2 is 1.09 bits per heavy atom. The molecule has 0 amide bonds. The third-order valence-corrected chi connectivity index (χ3v) is 6.77. The standard InChI is InChI=1S/C9H8BrF3O2S.C9H9F3O3S/c1-16(14,15)7-3-2-6(5-10)8(4-7)9(11,12)13;1-16(14,15)7-3-2-6(5-13)8(4-7)9(10,11)12/h2-4H,5H2,1H3;2-4,13H,5H2,1H3. The Kier molecular flexibility index (Phi) is 8.96. The van der Waals surface area contributed by atoms with Gasteiger partial charge in [-0.05, 0) is 35.4 Å². The second-order valence-electron chi connectivity index (χ2n) is 6.47. The molecule has 5 nitrogen and oxygen atoms in total. The summed E-state index contributed by atoms with van der Waals surface area (Å²) in [5.41, 5.74) is -2.38. The molecular formula is C18H17BrF6O5S2. The molecule has 0 radical (unpaired) electrons. The maximum absolute atomic E-state index is 12.6. The highest BCUT2D eigenvalue weighted by molar-refractivity contribution is 9.08. The van der Waals surface area contributed by atoms with Crippen molar-refractivity contribution in [1.82, 2.24) is 0 Å². The minimum atomic E-state index is -4.68. The molecule has 0 aromatic heterocycles. The second-order valence-corrected chi connectivity index (χ2v) is 11.1. The van der Waals surface area contributed by atoms with E-state index in [1.165, 1.54) is 6.07 Å². The quantitative estimate of drug-likeness (QED) is 0.428. The Morgan fingerprint density at radius 3 is 1.38 bits per heavy atom. The maximum atomic E-state index is 12.6. The molecular weight excluding hydrogens is 554 g/mol. The van der Waals surface area contributed by atoms with Crippen LogP contribution in [-0.4, -0.2) is 34.5 Å². The van der Waals surface area contributed by atoms with Gasteiger partial charge in [-0.15, -0.1) is 0 Å². The Labute approximate surface area is 189 Å². The van der Waals surface area contributed by atoms with Gasteiger partial charge in [0.05, 0.1) is 27.5 Å². The van der Waals surface area contributed by atoms with Gasteiger partial charge in [-0.3, -0.25) is 0 Å². The summed E-state index contributed by atoms with van der Waals surface area (Å²) in [4.78, 5) is -0.749. The van der Waals surface area contributed by atoms with Gasteiger partial charge < -0.3 is 5.11 Å². The van der Waals surface area contributed by atoms with Crippen molar-refractivity contribution in [3.8, 4) is 0 Å². The van der Waals surface area contributed by atoms with Crippen molar-refractivity contribution in [2.24, 2.45) is 0 Å². The van der Waals surface area contributed by atoms with Gasteiger partial charge in [-0.1, -0.05) is 28.1 Å². The monoisotopic (exact) mass is 570 g/mol. The fraction of sp³-hybridized carbons (Fsp3) is 0.333. The summed E-state index contributed by atoms with van der Waals surface area (Å²) in [6.07, 6.45) is -7.54. The minimum absolute atomic E-state index is 0.0138. The highest BCUT2D eigenvalue weighted by Crippen LogP contribution is 2.35. The van der Waals surface area contributed by atoms with Crippen LogP contribution in [0.25, 0.3) is 0 Å². The van der Waals surface area contributed by atoms with Crippen LogP contribution in [-0.2, 0) is 44.0 Å². The molecule has 0 spiro atoms. The lowest BCUT2D eigenvalue weighted by molar-refractivity contribution is -0.139. The molecule has 2 rings (SSSR count). The molecule has 0 atom stereocenters. The smallest absolute Gasteiger partial charge is 0.392 e. The summed E-state index contributed by atoms with van der Waals surface area (Å²) in [5.74, 6) is 0. The van der Waals surface area contributed by atoms with Gasteiger partial charge in [-0.2, -0.15) is 26.3 Å². The zero-order valence-electron chi connectivity index (χ0n) is 16.4. The number of halogens is 7. The lowest BCUT2D eigenvalue weighted by atomic mass is 10.1. The van der Waals surface area contributed by atoms with Crippen molar-refractivity contribution < 1.29 is 48.3 Å². The third-order valence-electron chi connectivity index (χ3n) is 3.94. The first-order valence-electron chi connectivity index (χ1n) is 8.29. The minimum Gasteiger partial charge on any atom is -0.392 e. The number of aliphatic hydroxyl groups is 1. The van der Waals surface area contributed by atoms with Crippen LogP contribution in [0.15, 0.2) is 46.2 Å². The lowest BCUT2D eigenvalue weighted by Crippen LogP contribution is -2.11.